The Balaban J connectivity index is 0.000000279. The van der Waals surface area contributed by atoms with Gasteiger partial charge in [0, 0.05) is 32.3 Å². The molecule has 1 aliphatic carbocycles. The second-order valence-corrected chi connectivity index (χ2v) is 7.88. The molecule has 0 spiro atoms. The molecule has 28 heavy (non-hydrogen) atoms. The lowest BCUT2D eigenvalue weighted by atomic mass is 9.89. The van der Waals surface area contributed by atoms with Crippen molar-refractivity contribution in [3.63, 3.8) is 0 Å². The van der Waals surface area contributed by atoms with Gasteiger partial charge in [0.1, 0.15) is 0 Å². The molecule has 3 atom stereocenters. The van der Waals surface area contributed by atoms with Crippen molar-refractivity contribution in [1.29, 1.82) is 0 Å². The maximum absolute atomic E-state index is 12.7. The van der Waals surface area contributed by atoms with Crippen LogP contribution < -0.4 is 0 Å². The maximum atomic E-state index is 12.7. The largest absolute Gasteiger partial charge is 0.490 e. The Kier molecular flexibility index (Phi) is 6.82. The number of hydrogen-bond acceptors (Lipinski definition) is 5. The van der Waals surface area contributed by atoms with E-state index in [4.69, 9.17) is 19.5 Å². The highest BCUT2D eigenvalue weighted by Crippen LogP contribution is 2.37. The molecule has 3 saturated heterocycles. The molecular weight excluding hydrogens is 381 g/mol. The van der Waals surface area contributed by atoms with Gasteiger partial charge in [0.2, 0.25) is 0 Å². The van der Waals surface area contributed by atoms with Crippen molar-refractivity contribution in [2.45, 2.75) is 56.8 Å². The Labute approximate surface area is 161 Å². The molecule has 0 aromatic carbocycles. The van der Waals surface area contributed by atoms with E-state index in [9.17, 15) is 18.0 Å². The maximum Gasteiger partial charge on any atom is 0.490 e. The second kappa shape index (κ2) is 8.96. The zero-order valence-corrected chi connectivity index (χ0v) is 15.7. The second-order valence-electron chi connectivity index (χ2n) is 7.88. The molecule has 4 rings (SSSR count). The van der Waals surface area contributed by atoms with Crippen LogP contribution in [0.1, 0.15) is 38.5 Å². The highest BCUT2D eigenvalue weighted by Gasteiger charge is 2.44. The number of nitrogens with zero attached hydrogens (tertiary/aromatic N) is 2. The zero-order chi connectivity index (χ0) is 20.3. The number of carbonyl (C=O) groups is 2. The van der Waals surface area contributed by atoms with Gasteiger partial charge in [0.05, 0.1) is 18.6 Å². The molecule has 4 aliphatic rings. The highest BCUT2D eigenvalue weighted by atomic mass is 19.4. The molecular formula is C18H27F3N2O5. The number of fused-ring (bicyclic) bond motifs is 1. The van der Waals surface area contributed by atoms with E-state index in [1.54, 1.807) is 5.06 Å². The average molecular weight is 408 g/mol. The van der Waals surface area contributed by atoms with E-state index in [2.05, 4.69) is 4.90 Å². The number of hydrogen-bond donors (Lipinski definition) is 1. The van der Waals surface area contributed by atoms with Crippen molar-refractivity contribution in [2.75, 3.05) is 32.8 Å². The molecule has 10 heteroatoms. The van der Waals surface area contributed by atoms with E-state index >= 15 is 0 Å². The van der Waals surface area contributed by atoms with Gasteiger partial charge in [-0.1, -0.05) is 0 Å². The first-order valence-electron chi connectivity index (χ1n) is 9.85. The molecule has 0 aromatic heterocycles. The van der Waals surface area contributed by atoms with E-state index < -0.39 is 12.1 Å². The summed E-state index contributed by atoms with van der Waals surface area (Å²) in [5, 5.41) is 8.75. The van der Waals surface area contributed by atoms with Gasteiger partial charge >= 0.3 is 12.1 Å². The third kappa shape index (κ3) is 5.57. The lowest BCUT2D eigenvalue weighted by molar-refractivity contribution is -0.204. The monoisotopic (exact) mass is 408 g/mol. The molecule has 0 radical (unpaired) electrons. The molecule has 0 aromatic rings. The van der Waals surface area contributed by atoms with Crippen LogP contribution in [-0.2, 0) is 19.2 Å². The minimum atomic E-state index is -5.08. The van der Waals surface area contributed by atoms with Crippen LogP contribution in [0, 0.1) is 11.8 Å². The van der Waals surface area contributed by atoms with Gasteiger partial charge in [-0.2, -0.15) is 13.2 Å². The fourth-order valence-electron chi connectivity index (χ4n) is 4.05. The summed E-state index contributed by atoms with van der Waals surface area (Å²) in [6, 6.07) is 0.553. The van der Waals surface area contributed by atoms with Gasteiger partial charge in [0.25, 0.3) is 5.91 Å². The number of likely N-dealkylation sites (tertiary alicyclic amines) is 1. The number of piperidine rings is 1. The number of aliphatic carboxylic acids is 1. The number of ether oxygens (including phenoxy) is 1. The van der Waals surface area contributed by atoms with Crippen LogP contribution in [0.15, 0.2) is 0 Å². The van der Waals surface area contributed by atoms with Crippen LogP contribution in [0.5, 0.6) is 0 Å². The third-order valence-electron chi connectivity index (χ3n) is 5.65. The Bertz CT molecular complexity index is 564. The Hall–Kier alpha value is -1.39. The van der Waals surface area contributed by atoms with E-state index in [1.807, 2.05) is 0 Å². The first kappa shape index (κ1) is 21.3. The number of carboxylic acids is 1. The number of amides is 1. The summed E-state index contributed by atoms with van der Waals surface area (Å²) >= 11 is 0. The van der Waals surface area contributed by atoms with Gasteiger partial charge in [-0.15, -0.1) is 0 Å². The minimum Gasteiger partial charge on any atom is -0.475 e. The van der Waals surface area contributed by atoms with Crippen molar-refractivity contribution in [1.82, 2.24) is 9.96 Å². The predicted molar refractivity (Wildman–Crippen MR) is 91.1 cm³/mol. The van der Waals surface area contributed by atoms with E-state index in [1.165, 1.54) is 12.8 Å². The van der Waals surface area contributed by atoms with Crippen LogP contribution in [0.3, 0.4) is 0 Å². The van der Waals surface area contributed by atoms with E-state index in [0.717, 1.165) is 57.8 Å². The summed E-state index contributed by atoms with van der Waals surface area (Å²) < 4.78 is 37.6. The van der Waals surface area contributed by atoms with Gasteiger partial charge in [-0.25, -0.2) is 9.86 Å². The Morgan fingerprint density at radius 3 is 2.39 bits per heavy atom. The standard InChI is InChI=1S/C16H26N2O3.C2HF3O2/c19-16(18-6-1-2-7-21-18)13-9-15-14(5-8-20-15)17(11-13)10-12-3-4-12;3-2(4,5)1(6)7/h12-15H,1-11H2;(H,6,7)/t13-,14+,15+;/m0./s1. The topological polar surface area (TPSA) is 79.3 Å². The van der Waals surface area contributed by atoms with Crippen molar-refractivity contribution in [3.05, 3.63) is 0 Å². The molecule has 1 saturated carbocycles. The van der Waals surface area contributed by atoms with Gasteiger partial charge in [-0.3, -0.25) is 14.5 Å². The van der Waals surface area contributed by atoms with Crippen molar-refractivity contribution >= 4 is 11.9 Å². The highest BCUT2D eigenvalue weighted by molar-refractivity contribution is 5.78. The van der Waals surface area contributed by atoms with E-state index in [-0.39, 0.29) is 17.9 Å². The number of rotatable bonds is 3. The SMILES string of the molecule is O=C(O)C(F)(F)F.O=C([C@H]1C[C@H]2OCC[C@H]2N(CC2CC2)C1)N1CCCCO1. The number of carboxylic acid groups (broad SMARTS) is 1. The smallest absolute Gasteiger partial charge is 0.475 e. The molecule has 0 unspecified atom stereocenters. The number of halogens is 3. The third-order valence-corrected chi connectivity index (χ3v) is 5.65. The number of alkyl halides is 3. The van der Waals surface area contributed by atoms with Crippen LogP contribution in [0.4, 0.5) is 13.2 Å². The van der Waals surface area contributed by atoms with Crippen LogP contribution >= 0.6 is 0 Å². The summed E-state index contributed by atoms with van der Waals surface area (Å²) in [6.07, 6.45) is 2.05. The molecule has 4 fully saturated rings. The molecule has 1 N–H and O–H groups in total. The molecule has 0 bridgehead atoms. The van der Waals surface area contributed by atoms with Crippen LogP contribution in [-0.4, -0.2) is 78.1 Å². The van der Waals surface area contributed by atoms with Crippen molar-refractivity contribution in [2.24, 2.45) is 11.8 Å². The normalized spacial score (nSPS) is 31.0. The lowest BCUT2D eigenvalue weighted by Crippen LogP contribution is -2.54. The molecule has 160 valence electrons. The molecule has 3 aliphatic heterocycles. The minimum absolute atomic E-state index is 0.0567. The molecule has 3 heterocycles. The van der Waals surface area contributed by atoms with E-state index in [0.29, 0.717) is 12.6 Å². The van der Waals surface area contributed by atoms with Crippen molar-refractivity contribution in [3.8, 4) is 0 Å². The van der Waals surface area contributed by atoms with Gasteiger partial charge < -0.3 is 9.84 Å². The fraction of sp³-hybridized carbons (Fsp3) is 0.889. The summed E-state index contributed by atoms with van der Waals surface area (Å²) in [7, 11) is 0. The quantitative estimate of drug-likeness (QED) is 0.770. The summed E-state index contributed by atoms with van der Waals surface area (Å²) in [6.45, 7) is 4.37. The predicted octanol–water partition coefficient (Wildman–Crippen LogP) is 2.06. The number of hydroxylamine groups is 2. The van der Waals surface area contributed by atoms with Gasteiger partial charge in [0.15, 0.2) is 0 Å². The van der Waals surface area contributed by atoms with Gasteiger partial charge in [-0.05, 0) is 44.4 Å². The summed E-state index contributed by atoms with van der Waals surface area (Å²) in [4.78, 5) is 29.7. The Morgan fingerprint density at radius 2 is 1.82 bits per heavy atom. The lowest BCUT2D eigenvalue weighted by Gasteiger charge is -2.41. The van der Waals surface area contributed by atoms with Crippen LogP contribution in [0.25, 0.3) is 0 Å². The van der Waals surface area contributed by atoms with Crippen LogP contribution in [0.2, 0.25) is 0 Å². The average Bonchev–Trinajstić information content (AvgIpc) is 3.34. The first-order chi connectivity index (χ1) is 13.3. The number of carbonyl (C=O) groups excluding carboxylic acids is 1. The Morgan fingerprint density at radius 1 is 1.11 bits per heavy atom. The summed E-state index contributed by atoms with van der Waals surface area (Å²) in [5.74, 6) is -1.65. The van der Waals surface area contributed by atoms with Crippen molar-refractivity contribution < 1.29 is 37.4 Å². The summed E-state index contributed by atoms with van der Waals surface area (Å²) in [5.41, 5.74) is 0. The zero-order valence-electron chi connectivity index (χ0n) is 15.7. The molecule has 1 amide bonds. The molecule has 7 nitrogen and oxygen atoms in total. The fourth-order valence-corrected chi connectivity index (χ4v) is 4.05. The first-order valence-corrected chi connectivity index (χ1v) is 9.85.